The largest absolute Gasteiger partial charge is 0.423 e. The number of amides is 2. The molecule has 2 amide bonds. The Hall–Kier alpha value is -3.20. The molecule has 0 fully saturated rings. The highest BCUT2D eigenvalue weighted by Crippen LogP contribution is 2.29. The molecule has 0 bridgehead atoms. The third kappa shape index (κ3) is 6.16. The number of hydrogen-bond acceptors (Lipinski definition) is 5. The first-order valence-corrected chi connectivity index (χ1v) is 10.5. The standard InChI is InChI=1S/C22H14BrCl2N3O4/c23-16-5-2-1-4-15(16)22(31)32-14-10-8-13(9-11-14)12-26-28-21(30)20(29)27-18-7-3-6-17(24)19(18)25/h1-12H,(H,27,29)(H,28,30)/b26-12+. The number of rotatable bonds is 5. The Morgan fingerprint density at radius 3 is 2.34 bits per heavy atom. The number of nitrogens with zero attached hydrogens (tertiary/aromatic N) is 1. The van der Waals surface area contributed by atoms with Crippen molar-refractivity contribution in [3.8, 4) is 5.75 Å². The molecule has 162 valence electrons. The second kappa shape index (κ2) is 10.9. The van der Waals surface area contributed by atoms with Gasteiger partial charge in [0.2, 0.25) is 0 Å². The second-order valence-electron chi connectivity index (χ2n) is 6.19. The number of hydrazone groups is 1. The number of hydrogen-bond donors (Lipinski definition) is 2. The zero-order chi connectivity index (χ0) is 23.1. The molecule has 3 aromatic rings. The van der Waals surface area contributed by atoms with Gasteiger partial charge in [0.15, 0.2) is 0 Å². The molecule has 0 spiro atoms. The van der Waals surface area contributed by atoms with E-state index in [0.717, 1.165) is 0 Å². The Morgan fingerprint density at radius 2 is 1.62 bits per heavy atom. The van der Waals surface area contributed by atoms with Crippen LogP contribution in [0.15, 0.2) is 76.3 Å². The highest BCUT2D eigenvalue weighted by molar-refractivity contribution is 9.10. The quantitative estimate of drug-likeness (QED) is 0.157. The highest BCUT2D eigenvalue weighted by Gasteiger charge is 2.15. The Labute approximate surface area is 201 Å². The smallest absolute Gasteiger partial charge is 0.344 e. The minimum Gasteiger partial charge on any atom is -0.423 e. The van der Waals surface area contributed by atoms with Crippen LogP contribution in [0.5, 0.6) is 5.75 Å². The lowest BCUT2D eigenvalue weighted by atomic mass is 10.2. The van der Waals surface area contributed by atoms with Gasteiger partial charge in [0.05, 0.1) is 27.5 Å². The van der Waals surface area contributed by atoms with E-state index < -0.39 is 17.8 Å². The Bertz CT molecular complexity index is 1200. The Balaban J connectivity index is 1.53. The highest BCUT2D eigenvalue weighted by atomic mass is 79.9. The maximum Gasteiger partial charge on any atom is 0.344 e. The van der Waals surface area contributed by atoms with E-state index in [1.54, 1.807) is 60.7 Å². The summed E-state index contributed by atoms with van der Waals surface area (Å²) < 4.78 is 5.96. The topological polar surface area (TPSA) is 96.9 Å². The second-order valence-corrected chi connectivity index (χ2v) is 7.83. The van der Waals surface area contributed by atoms with Gasteiger partial charge in [-0.1, -0.05) is 41.4 Å². The average molecular weight is 535 g/mol. The van der Waals surface area contributed by atoms with Crippen LogP contribution in [-0.4, -0.2) is 24.0 Å². The SMILES string of the molecule is O=C(N/N=C/c1ccc(OC(=O)c2ccccc2Br)cc1)C(=O)Nc1cccc(Cl)c1Cl. The van der Waals surface area contributed by atoms with E-state index in [9.17, 15) is 14.4 Å². The van der Waals surface area contributed by atoms with E-state index in [2.05, 4.69) is 31.8 Å². The van der Waals surface area contributed by atoms with Gasteiger partial charge in [-0.15, -0.1) is 0 Å². The lowest BCUT2D eigenvalue weighted by Gasteiger charge is -2.07. The summed E-state index contributed by atoms with van der Waals surface area (Å²) in [4.78, 5) is 36.1. The summed E-state index contributed by atoms with van der Waals surface area (Å²) in [7, 11) is 0. The van der Waals surface area contributed by atoms with Gasteiger partial charge in [0, 0.05) is 4.47 Å². The first-order chi connectivity index (χ1) is 15.3. The maximum absolute atomic E-state index is 12.2. The third-order valence-electron chi connectivity index (χ3n) is 3.97. The fraction of sp³-hybridized carbons (Fsp3) is 0. The summed E-state index contributed by atoms with van der Waals surface area (Å²) in [6.45, 7) is 0. The van der Waals surface area contributed by atoms with Crippen molar-refractivity contribution in [1.29, 1.82) is 0 Å². The number of carbonyl (C=O) groups excluding carboxylic acids is 3. The molecular formula is C22H14BrCl2N3O4. The molecule has 0 heterocycles. The molecule has 0 radical (unpaired) electrons. The zero-order valence-corrected chi connectivity index (χ0v) is 19.2. The fourth-order valence-corrected chi connectivity index (χ4v) is 3.20. The number of ether oxygens (including phenoxy) is 1. The van der Waals surface area contributed by atoms with Crippen molar-refractivity contribution >= 4 is 68.8 Å². The molecule has 0 unspecified atom stereocenters. The molecule has 32 heavy (non-hydrogen) atoms. The Kier molecular flexibility index (Phi) is 7.99. The lowest BCUT2D eigenvalue weighted by molar-refractivity contribution is -0.136. The molecule has 0 aliphatic heterocycles. The first-order valence-electron chi connectivity index (χ1n) is 9.00. The van der Waals surface area contributed by atoms with Crippen LogP contribution >= 0.6 is 39.1 Å². The molecule has 0 saturated heterocycles. The molecule has 10 heteroatoms. The van der Waals surface area contributed by atoms with Crippen molar-refractivity contribution in [2.45, 2.75) is 0 Å². The number of nitrogens with one attached hydrogen (secondary N) is 2. The normalized spacial score (nSPS) is 10.6. The van der Waals surface area contributed by atoms with Gasteiger partial charge in [0.1, 0.15) is 5.75 Å². The Morgan fingerprint density at radius 1 is 0.906 bits per heavy atom. The summed E-state index contributed by atoms with van der Waals surface area (Å²) in [5, 5.41) is 6.45. The van der Waals surface area contributed by atoms with E-state index in [1.165, 1.54) is 12.3 Å². The van der Waals surface area contributed by atoms with Crippen molar-refractivity contribution < 1.29 is 19.1 Å². The van der Waals surface area contributed by atoms with Crippen molar-refractivity contribution in [3.63, 3.8) is 0 Å². The van der Waals surface area contributed by atoms with Crippen molar-refractivity contribution in [2.24, 2.45) is 5.10 Å². The van der Waals surface area contributed by atoms with Crippen molar-refractivity contribution in [1.82, 2.24) is 5.43 Å². The molecule has 0 atom stereocenters. The predicted molar refractivity (Wildman–Crippen MR) is 126 cm³/mol. The molecular weight excluding hydrogens is 521 g/mol. The molecule has 7 nitrogen and oxygen atoms in total. The van der Waals surface area contributed by atoms with Crippen LogP contribution in [0.4, 0.5) is 5.69 Å². The van der Waals surface area contributed by atoms with E-state index in [0.29, 0.717) is 21.3 Å². The van der Waals surface area contributed by atoms with Crippen LogP contribution in [-0.2, 0) is 9.59 Å². The van der Waals surface area contributed by atoms with Gasteiger partial charge in [-0.3, -0.25) is 9.59 Å². The van der Waals surface area contributed by atoms with E-state index in [1.807, 2.05) is 0 Å². The maximum atomic E-state index is 12.2. The molecule has 3 aromatic carbocycles. The number of esters is 1. The third-order valence-corrected chi connectivity index (χ3v) is 5.48. The van der Waals surface area contributed by atoms with Gasteiger partial charge >= 0.3 is 17.8 Å². The molecule has 0 aliphatic carbocycles. The van der Waals surface area contributed by atoms with Gasteiger partial charge in [-0.05, 0) is 70.0 Å². The molecule has 3 rings (SSSR count). The van der Waals surface area contributed by atoms with Crippen LogP contribution in [0.1, 0.15) is 15.9 Å². The van der Waals surface area contributed by atoms with Gasteiger partial charge in [-0.2, -0.15) is 5.10 Å². The van der Waals surface area contributed by atoms with Crippen molar-refractivity contribution in [3.05, 3.63) is 92.4 Å². The van der Waals surface area contributed by atoms with Crippen LogP contribution in [0.3, 0.4) is 0 Å². The number of benzene rings is 3. The fourth-order valence-electron chi connectivity index (χ4n) is 2.41. The average Bonchev–Trinajstić information content (AvgIpc) is 2.78. The minimum atomic E-state index is -0.990. The van der Waals surface area contributed by atoms with E-state index in [4.69, 9.17) is 27.9 Å². The first kappa shape index (κ1) is 23.5. The summed E-state index contributed by atoms with van der Waals surface area (Å²) >= 11 is 15.1. The van der Waals surface area contributed by atoms with Gasteiger partial charge in [0.25, 0.3) is 0 Å². The van der Waals surface area contributed by atoms with Crippen LogP contribution < -0.4 is 15.5 Å². The summed E-state index contributed by atoms with van der Waals surface area (Å²) in [5.41, 5.74) is 3.32. The van der Waals surface area contributed by atoms with Gasteiger partial charge < -0.3 is 10.1 Å². The van der Waals surface area contributed by atoms with Crippen LogP contribution in [0.25, 0.3) is 0 Å². The number of carbonyl (C=O) groups is 3. The predicted octanol–water partition coefficient (Wildman–Crippen LogP) is 5.06. The monoisotopic (exact) mass is 533 g/mol. The van der Waals surface area contributed by atoms with E-state index in [-0.39, 0.29) is 15.7 Å². The molecule has 2 N–H and O–H groups in total. The minimum absolute atomic E-state index is 0.124. The summed E-state index contributed by atoms with van der Waals surface area (Å²) in [6.07, 6.45) is 1.33. The molecule has 0 saturated carbocycles. The van der Waals surface area contributed by atoms with E-state index >= 15 is 0 Å². The molecule has 0 aromatic heterocycles. The molecule has 0 aliphatic rings. The lowest BCUT2D eigenvalue weighted by Crippen LogP contribution is -2.32. The summed E-state index contributed by atoms with van der Waals surface area (Å²) in [6, 6.07) is 18.0. The van der Waals surface area contributed by atoms with Crippen LogP contribution in [0.2, 0.25) is 10.0 Å². The number of anilines is 1. The van der Waals surface area contributed by atoms with Gasteiger partial charge in [-0.25, -0.2) is 10.2 Å². The zero-order valence-electron chi connectivity index (χ0n) is 16.1. The van der Waals surface area contributed by atoms with Crippen molar-refractivity contribution in [2.75, 3.05) is 5.32 Å². The summed E-state index contributed by atoms with van der Waals surface area (Å²) in [5.74, 6) is -2.11. The van der Waals surface area contributed by atoms with Crippen LogP contribution in [0, 0.1) is 0 Å². The number of halogens is 3.